The lowest BCUT2D eigenvalue weighted by molar-refractivity contribution is 0.195. The molecule has 1 fully saturated rings. The number of carbonyl (C=O) groups is 1. The first-order chi connectivity index (χ1) is 12.7. The Balaban J connectivity index is 1.39. The SMILES string of the molecule is COc1cccc(NC(=O)N2CCC(c3c[nH]c4ccccc34)CC2)c1. The summed E-state index contributed by atoms with van der Waals surface area (Å²) in [5, 5.41) is 4.26. The third kappa shape index (κ3) is 3.25. The van der Waals surface area contributed by atoms with Crippen molar-refractivity contribution in [2.24, 2.45) is 0 Å². The summed E-state index contributed by atoms with van der Waals surface area (Å²) < 4.78 is 5.20. The second-order valence-corrected chi connectivity index (χ2v) is 6.71. The summed E-state index contributed by atoms with van der Waals surface area (Å²) >= 11 is 0. The van der Waals surface area contributed by atoms with Crippen molar-refractivity contribution in [1.82, 2.24) is 9.88 Å². The van der Waals surface area contributed by atoms with E-state index in [2.05, 4.69) is 34.7 Å². The molecule has 0 spiro atoms. The molecule has 0 saturated carbocycles. The van der Waals surface area contributed by atoms with Crippen LogP contribution in [0.3, 0.4) is 0 Å². The molecule has 0 aliphatic carbocycles. The zero-order chi connectivity index (χ0) is 17.9. The van der Waals surface area contributed by atoms with Crippen molar-refractivity contribution >= 4 is 22.6 Å². The Hall–Kier alpha value is -2.95. The van der Waals surface area contributed by atoms with Crippen LogP contribution >= 0.6 is 0 Å². The highest BCUT2D eigenvalue weighted by Gasteiger charge is 2.25. The maximum Gasteiger partial charge on any atom is 0.321 e. The van der Waals surface area contributed by atoms with E-state index in [9.17, 15) is 4.79 Å². The van der Waals surface area contributed by atoms with Gasteiger partial charge in [-0.3, -0.25) is 0 Å². The van der Waals surface area contributed by atoms with Gasteiger partial charge in [-0.2, -0.15) is 0 Å². The van der Waals surface area contributed by atoms with Gasteiger partial charge in [-0.1, -0.05) is 24.3 Å². The highest BCUT2D eigenvalue weighted by Crippen LogP contribution is 2.33. The summed E-state index contributed by atoms with van der Waals surface area (Å²) in [6, 6.07) is 15.8. The molecule has 1 aliphatic rings. The van der Waals surface area contributed by atoms with Gasteiger partial charge in [-0.15, -0.1) is 0 Å². The third-order valence-electron chi connectivity index (χ3n) is 5.16. The average Bonchev–Trinajstić information content (AvgIpc) is 3.12. The maximum atomic E-state index is 12.5. The minimum Gasteiger partial charge on any atom is -0.497 e. The van der Waals surface area contributed by atoms with Crippen molar-refractivity contribution in [3.63, 3.8) is 0 Å². The Kier molecular flexibility index (Phi) is 4.52. The zero-order valence-corrected chi connectivity index (χ0v) is 14.9. The first-order valence-corrected chi connectivity index (χ1v) is 9.00. The summed E-state index contributed by atoms with van der Waals surface area (Å²) in [5.74, 6) is 1.23. The molecule has 5 nitrogen and oxygen atoms in total. The molecule has 2 heterocycles. The van der Waals surface area contributed by atoms with Crippen LogP contribution in [-0.4, -0.2) is 36.1 Å². The van der Waals surface area contributed by atoms with Gasteiger partial charge >= 0.3 is 6.03 Å². The highest BCUT2D eigenvalue weighted by molar-refractivity contribution is 5.89. The third-order valence-corrected chi connectivity index (χ3v) is 5.16. The van der Waals surface area contributed by atoms with Crippen LogP contribution < -0.4 is 10.1 Å². The number of ether oxygens (including phenoxy) is 1. The largest absolute Gasteiger partial charge is 0.497 e. The predicted octanol–water partition coefficient (Wildman–Crippen LogP) is 4.59. The molecule has 1 aromatic heterocycles. The van der Waals surface area contributed by atoms with E-state index in [-0.39, 0.29) is 6.03 Å². The molecule has 0 atom stereocenters. The number of nitrogens with one attached hydrogen (secondary N) is 2. The highest BCUT2D eigenvalue weighted by atomic mass is 16.5. The smallest absolute Gasteiger partial charge is 0.321 e. The molecule has 5 heteroatoms. The molecule has 4 rings (SSSR count). The van der Waals surface area contributed by atoms with Crippen LogP contribution in [0, 0.1) is 0 Å². The number of H-pyrrole nitrogens is 1. The number of urea groups is 1. The number of rotatable bonds is 3. The van der Waals surface area contributed by atoms with E-state index >= 15 is 0 Å². The molecule has 3 aromatic rings. The molecule has 2 amide bonds. The van der Waals surface area contributed by atoms with E-state index < -0.39 is 0 Å². The number of aromatic amines is 1. The van der Waals surface area contributed by atoms with E-state index in [1.807, 2.05) is 35.2 Å². The van der Waals surface area contributed by atoms with Crippen molar-refractivity contribution in [2.45, 2.75) is 18.8 Å². The summed E-state index contributed by atoms with van der Waals surface area (Å²) in [6.45, 7) is 1.53. The lowest BCUT2D eigenvalue weighted by atomic mass is 9.89. The minimum absolute atomic E-state index is 0.0457. The second-order valence-electron chi connectivity index (χ2n) is 6.71. The Morgan fingerprint density at radius 1 is 1.15 bits per heavy atom. The fraction of sp³-hybridized carbons (Fsp3) is 0.286. The number of benzene rings is 2. The molecule has 2 N–H and O–H groups in total. The lowest BCUT2D eigenvalue weighted by Crippen LogP contribution is -2.40. The van der Waals surface area contributed by atoms with Crippen molar-refractivity contribution in [3.8, 4) is 5.75 Å². The second kappa shape index (κ2) is 7.12. The molecule has 1 aliphatic heterocycles. The number of fused-ring (bicyclic) bond motifs is 1. The van der Waals surface area contributed by atoms with Gasteiger partial charge in [0.05, 0.1) is 7.11 Å². The number of anilines is 1. The summed E-state index contributed by atoms with van der Waals surface area (Å²) in [4.78, 5) is 17.8. The molecule has 134 valence electrons. The Bertz CT molecular complexity index is 910. The number of carbonyl (C=O) groups excluding carboxylic acids is 1. The number of hydrogen-bond donors (Lipinski definition) is 2. The first-order valence-electron chi connectivity index (χ1n) is 9.00. The van der Waals surface area contributed by atoms with E-state index in [0.717, 1.165) is 37.4 Å². The molecular weight excluding hydrogens is 326 g/mol. The fourth-order valence-electron chi connectivity index (χ4n) is 3.73. The quantitative estimate of drug-likeness (QED) is 0.727. The van der Waals surface area contributed by atoms with E-state index in [1.165, 1.54) is 16.5 Å². The van der Waals surface area contributed by atoms with Gasteiger partial charge in [-0.05, 0) is 42.5 Å². The number of piperidine rings is 1. The van der Waals surface area contributed by atoms with Crippen molar-refractivity contribution in [2.75, 3.05) is 25.5 Å². The predicted molar refractivity (Wildman–Crippen MR) is 104 cm³/mol. The molecule has 1 saturated heterocycles. The van der Waals surface area contributed by atoms with Crippen LogP contribution in [0.25, 0.3) is 10.9 Å². The summed E-state index contributed by atoms with van der Waals surface area (Å²) in [7, 11) is 1.62. The van der Waals surface area contributed by atoms with Crippen LogP contribution in [0.2, 0.25) is 0 Å². The van der Waals surface area contributed by atoms with Crippen LogP contribution in [0.4, 0.5) is 10.5 Å². The van der Waals surface area contributed by atoms with Gasteiger partial charge in [0.15, 0.2) is 0 Å². The minimum atomic E-state index is -0.0457. The number of nitrogens with zero attached hydrogens (tertiary/aromatic N) is 1. The number of hydrogen-bond acceptors (Lipinski definition) is 2. The van der Waals surface area contributed by atoms with Gasteiger partial charge < -0.3 is 19.9 Å². The summed E-state index contributed by atoms with van der Waals surface area (Å²) in [5.41, 5.74) is 3.31. The molecule has 0 radical (unpaired) electrons. The van der Waals surface area contributed by atoms with Crippen LogP contribution in [0.1, 0.15) is 24.3 Å². The summed E-state index contributed by atoms with van der Waals surface area (Å²) in [6.07, 6.45) is 4.09. The van der Waals surface area contributed by atoms with Gasteiger partial charge in [0.2, 0.25) is 0 Å². The average molecular weight is 349 g/mol. The van der Waals surface area contributed by atoms with Gasteiger partial charge in [-0.25, -0.2) is 4.79 Å². The van der Waals surface area contributed by atoms with E-state index in [1.54, 1.807) is 7.11 Å². The molecule has 0 bridgehead atoms. The van der Waals surface area contributed by atoms with Crippen LogP contribution in [-0.2, 0) is 0 Å². The van der Waals surface area contributed by atoms with Crippen LogP contribution in [0.15, 0.2) is 54.7 Å². The Morgan fingerprint density at radius 2 is 1.96 bits per heavy atom. The zero-order valence-electron chi connectivity index (χ0n) is 14.9. The molecule has 2 aromatic carbocycles. The lowest BCUT2D eigenvalue weighted by Gasteiger charge is -2.32. The van der Waals surface area contributed by atoms with Crippen molar-refractivity contribution in [3.05, 3.63) is 60.3 Å². The molecule has 0 unspecified atom stereocenters. The Labute approximate surface area is 153 Å². The van der Waals surface area contributed by atoms with Gasteiger partial charge in [0.1, 0.15) is 5.75 Å². The van der Waals surface area contributed by atoms with Crippen LogP contribution in [0.5, 0.6) is 5.75 Å². The van der Waals surface area contributed by atoms with E-state index in [4.69, 9.17) is 4.74 Å². The number of para-hydroxylation sites is 1. The first kappa shape index (κ1) is 16.5. The number of likely N-dealkylation sites (tertiary alicyclic amines) is 1. The number of amides is 2. The van der Waals surface area contributed by atoms with Gasteiger partial charge in [0, 0.05) is 41.9 Å². The number of aromatic nitrogens is 1. The monoisotopic (exact) mass is 349 g/mol. The fourth-order valence-corrected chi connectivity index (χ4v) is 3.73. The molecule has 26 heavy (non-hydrogen) atoms. The van der Waals surface area contributed by atoms with E-state index in [0.29, 0.717) is 5.92 Å². The normalized spacial score (nSPS) is 15.2. The number of methoxy groups -OCH3 is 1. The molecular formula is C21H23N3O2. The topological polar surface area (TPSA) is 57.4 Å². The Morgan fingerprint density at radius 3 is 2.77 bits per heavy atom. The standard InChI is InChI=1S/C21H23N3O2/c1-26-17-6-4-5-16(13-17)23-21(25)24-11-9-15(10-12-24)19-14-22-20-8-3-2-7-18(19)20/h2-8,13-15,22H,9-12H2,1H3,(H,23,25). The van der Waals surface area contributed by atoms with Crippen molar-refractivity contribution < 1.29 is 9.53 Å². The maximum absolute atomic E-state index is 12.5. The van der Waals surface area contributed by atoms with Gasteiger partial charge in [0.25, 0.3) is 0 Å². The van der Waals surface area contributed by atoms with Crippen molar-refractivity contribution in [1.29, 1.82) is 0 Å².